The molecule has 0 radical (unpaired) electrons. The van der Waals surface area contributed by atoms with E-state index in [-0.39, 0.29) is 42.1 Å². The minimum atomic E-state index is -1.21. The molecule has 1 saturated carbocycles. The van der Waals surface area contributed by atoms with Gasteiger partial charge in [-0.1, -0.05) is 0 Å². The fourth-order valence-electron chi connectivity index (χ4n) is 3.66. The zero-order chi connectivity index (χ0) is 20.3. The molecule has 8 heteroatoms. The average molecular weight is 397 g/mol. The fourth-order valence-corrected chi connectivity index (χ4v) is 3.66. The number of nitrogens with one attached hydrogen (secondary N) is 1. The number of rotatable bonds is 7. The summed E-state index contributed by atoms with van der Waals surface area (Å²) in [5.41, 5.74) is 6.24. The number of nitrogens with zero attached hydrogens (tertiary/aromatic N) is 1. The van der Waals surface area contributed by atoms with Crippen LogP contribution >= 0.6 is 0 Å². The van der Waals surface area contributed by atoms with Gasteiger partial charge in [0, 0.05) is 44.1 Å². The monoisotopic (exact) mass is 397 g/mol. The Balaban J connectivity index is 1.42. The topological polar surface area (TPSA) is 75.4 Å². The number of carbonyl (C=O) groups is 2. The Kier molecular flexibility index (Phi) is 6.59. The Labute approximate surface area is 162 Å². The highest BCUT2D eigenvalue weighted by Gasteiger charge is 2.30. The second-order valence-corrected chi connectivity index (χ2v) is 7.76. The van der Waals surface area contributed by atoms with Crippen LogP contribution in [0.2, 0.25) is 0 Å². The molecule has 0 bridgehead atoms. The molecule has 5 nitrogen and oxygen atoms in total. The van der Waals surface area contributed by atoms with Gasteiger partial charge >= 0.3 is 0 Å². The van der Waals surface area contributed by atoms with Crippen LogP contribution < -0.4 is 11.1 Å². The smallest absolute Gasteiger partial charge is 0.224 e. The Hall–Kier alpha value is -2.09. The van der Waals surface area contributed by atoms with Crippen molar-refractivity contribution in [1.82, 2.24) is 10.2 Å². The van der Waals surface area contributed by atoms with E-state index in [1.807, 2.05) is 0 Å². The van der Waals surface area contributed by atoms with E-state index < -0.39 is 23.5 Å². The Morgan fingerprint density at radius 2 is 1.71 bits per heavy atom. The molecule has 2 fully saturated rings. The zero-order valence-corrected chi connectivity index (χ0v) is 15.7. The molecular formula is C20H26F3N3O2. The summed E-state index contributed by atoms with van der Waals surface area (Å²) in [4.78, 5) is 25.6. The summed E-state index contributed by atoms with van der Waals surface area (Å²) < 4.78 is 40.2. The van der Waals surface area contributed by atoms with Crippen molar-refractivity contribution >= 4 is 11.8 Å². The van der Waals surface area contributed by atoms with Gasteiger partial charge in [0.25, 0.3) is 0 Å². The highest BCUT2D eigenvalue weighted by Crippen LogP contribution is 2.28. The number of piperidine rings is 1. The second kappa shape index (κ2) is 8.94. The van der Waals surface area contributed by atoms with Crippen molar-refractivity contribution in [3.05, 3.63) is 35.1 Å². The number of halogens is 3. The van der Waals surface area contributed by atoms with Crippen LogP contribution in [0, 0.1) is 29.3 Å². The third kappa shape index (κ3) is 5.25. The first-order valence-corrected chi connectivity index (χ1v) is 9.79. The maximum Gasteiger partial charge on any atom is 0.224 e. The summed E-state index contributed by atoms with van der Waals surface area (Å²) in [5.74, 6) is -2.86. The summed E-state index contributed by atoms with van der Waals surface area (Å²) >= 11 is 0. The van der Waals surface area contributed by atoms with Gasteiger partial charge in [-0.2, -0.15) is 0 Å². The Morgan fingerprint density at radius 1 is 1.07 bits per heavy atom. The first kappa shape index (κ1) is 20.6. The lowest BCUT2D eigenvalue weighted by atomic mass is 9.86. The van der Waals surface area contributed by atoms with E-state index in [1.165, 1.54) is 0 Å². The van der Waals surface area contributed by atoms with Crippen molar-refractivity contribution in [1.29, 1.82) is 0 Å². The predicted molar refractivity (Wildman–Crippen MR) is 97.7 cm³/mol. The molecule has 2 amide bonds. The summed E-state index contributed by atoms with van der Waals surface area (Å²) in [6.07, 6.45) is 3.60. The lowest BCUT2D eigenvalue weighted by Gasteiger charge is -2.35. The lowest BCUT2D eigenvalue weighted by Crippen LogP contribution is -2.44. The predicted octanol–water partition coefficient (Wildman–Crippen LogP) is 2.13. The van der Waals surface area contributed by atoms with Gasteiger partial charge in [-0.3, -0.25) is 9.59 Å². The summed E-state index contributed by atoms with van der Waals surface area (Å²) in [6, 6.07) is 1.01. The third-order valence-corrected chi connectivity index (χ3v) is 5.63. The van der Waals surface area contributed by atoms with Crippen molar-refractivity contribution < 1.29 is 22.8 Å². The molecule has 1 aliphatic heterocycles. The average Bonchev–Trinajstić information content (AvgIpc) is 3.51. The standard InChI is InChI=1S/C20H26F3N3O2/c21-15-11-17(23)16(22)9-14(15)10-18(24)12-4-7-26(8-5-12)19(27)3-6-25-20(28)13-1-2-13/h9,11-13,18H,1-8,10,24H2,(H,25,28)/t18-/m1/s1. The minimum Gasteiger partial charge on any atom is -0.355 e. The lowest BCUT2D eigenvalue weighted by molar-refractivity contribution is -0.132. The van der Waals surface area contributed by atoms with E-state index >= 15 is 0 Å². The van der Waals surface area contributed by atoms with Crippen LogP contribution in [0.5, 0.6) is 0 Å². The van der Waals surface area contributed by atoms with Crippen molar-refractivity contribution in [3.63, 3.8) is 0 Å². The molecule has 1 aromatic rings. The molecule has 0 aromatic heterocycles. The van der Waals surface area contributed by atoms with E-state index in [1.54, 1.807) is 4.90 Å². The molecule has 1 aromatic carbocycles. The molecule has 0 unspecified atom stereocenters. The molecule has 154 valence electrons. The van der Waals surface area contributed by atoms with E-state index in [0.29, 0.717) is 38.5 Å². The number of hydrogen-bond acceptors (Lipinski definition) is 3. The first-order valence-electron chi connectivity index (χ1n) is 9.79. The van der Waals surface area contributed by atoms with Crippen molar-refractivity contribution in [3.8, 4) is 0 Å². The number of hydrogen-bond donors (Lipinski definition) is 2. The van der Waals surface area contributed by atoms with Gasteiger partial charge in [-0.15, -0.1) is 0 Å². The van der Waals surface area contributed by atoms with E-state index in [4.69, 9.17) is 5.73 Å². The molecular weight excluding hydrogens is 371 g/mol. The maximum atomic E-state index is 13.8. The summed E-state index contributed by atoms with van der Waals surface area (Å²) in [7, 11) is 0. The Bertz CT molecular complexity index is 732. The quantitative estimate of drug-likeness (QED) is 0.692. The fraction of sp³-hybridized carbons (Fsp3) is 0.600. The SMILES string of the molecule is N[C@H](Cc1cc(F)c(F)cc1F)C1CCN(C(=O)CCNC(=O)C2CC2)CC1. The molecule has 28 heavy (non-hydrogen) atoms. The maximum absolute atomic E-state index is 13.8. The van der Waals surface area contributed by atoms with E-state index in [9.17, 15) is 22.8 Å². The highest BCUT2D eigenvalue weighted by molar-refractivity contribution is 5.82. The van der Waals surface area contributed by atoms with Gasteiger partial charge in [0.2, 0.25) is 11.8 Å². The van der Waals surface area contributed by atoms with Crippen LogP contribution in [0.1, 0.15) is 37.7 Å². The van der Waals surface area contributed by atoms with Crippen LogP contribution in [-0.2, 0) is 16.0 Å². The Morgan fingerprint density at radius 3 is 2.36 bits per heavy atom. The molecule has 3 N–H and O–H groups in total. The van der Waals surface area contributed by atoms with Crippen LogP contribution in [-0.4, -0.2) is 42.4 Å². The van der Waals surface area contributed by atoms with Gasteiger partial charge in [0.05, 0.1) is 0 Å². The summed E-state index contributed by atoms with van der Waals surface area (Å²) in [5, 5.41) is 2.78. The zero-order valence-electron chi connectivity index (χ0n) is 15.7. The molecule has 1 heterocycles. The van der Waals surface area contributed by atoms with E-state index in [0.717, 1.165) is 18.9 Å². The third-order valence-electron chi connectivity index (χ3n) is 5.63. The number of carbonyl (C=O) groups excluding carboxylic acids is 2. The second-order valence-electron chi connectivity index (χ2n) is 7.76. The summed E-state index contributed by atoms with van der Waals surface area (Å²) in [6.45, 7) is 1.45. The molecule has 1 atom stereocenters. The van der Waals surface area contributed by atoms with Gasteiger partial charge in [0.1, 0.15) is 5.82 Å². The van der Waals surface area contributed by atoms with Gasteiger partial charge < -0.3 is 16.0 Å². The highest BCUT2D eigenvalue weighted by atomic mass is 19.2. The number of nitrogens with two attached hydrogens (primary N) is 1. The van der Waals surface area contributed by atoms with Crippen LogP contribution in [0.15, 0.2) is 12.1 Å². The molecule has 1 saturated heterocycles. The van der Waals surface area contributed by atoms with Crippen molar-refractivity contribution in [2.75, 3.05) is 19.6 Å². The van der Waals surface area contributed by atoms with Crippen LogP contribution in [0.4, 0.5) is 13.2 Å². The molecule has 1 aliphatic carbocycles. The van der Waals surface area contributed by atoms with Gasteiger partial charge in [-0.25, -0.2) is 13.2 Å². The number of likely N-dealkylation sites (tertiary alicyclic amines) is 1. The first-order chi connectivity index (χ1) is 13.3. The minimum absolute atomic E-state index is 0.00484. The van der Waals surface area contributed by atoms with E-state index in [2.05, 4.69) is 5.32 Å². The van der Waals surface area contributed by atoms with Gasteiger partial charge in [0.15, 0.2) is 11.6 Å². The largest absolute Gasteiger partial charge is 0.355 e. The molecule has 0 spiro atoms. The number of amides is 2. The van der Waals surface area contributed by atoms with Crippen LogP contribution in [0.25, 0.3) is 0 Å². The van der Waals surface area contributed by atoms with Gasteiger partial charge in [-0.05, 0) is 49.7 Å². The van der Waals surface area contributed by atoms with Crippen molar-refractivity contribution in [2.24, 2.45) is 17.6 Å². The molecule has 3 rings (SSSR count). The van der Waals surface area contributed by atoms with Crippen LogP contribution in [0.3, 0.4) is 0 Å². The normalized spacial score (nSPS) is 18.8. The number of benzene rings is 1. The molecule has 2 aliphatic rings. The van der Waals surface area contributed by atoms with Crippen molar-refractivity contribution in [2.45, 2.75) is 44.6 Å².